The molecule has 0 spiro atoms. The Kier molecular flexibility index (Phi) is 6.68. The summed E-state index contributed by atoms with van der Waals surface area (Å²) in [6, 6.07) is 9.44. The van der Waals surface area contributed by atoms with Gasteiger partial charge in [0.05, 0.1) is 17.1 Å². The van der Waals surface area contributed by atoms with E-state index in [4.69, 9.17) is 0 Å². The van der Waals surface area contributed by atoms with Gasteiger partial charge >= 0.3 is 0 Å². The molecule has 0 saturated carbocycles. The fourth-order valence-corrected chi connectivity index (χ4v) is 5.12. The number of nitrogens with zero attached hydrogens (tertiary/aromatic N) is 5. The smallest absolute Gasteiger partial charge is 0.262 e. The van der Waals surface area contributed by atoms with Crippen LogP contribution < -0.4 is 10.9 Å². The van der Waals surface area contributed by atoms with Crippen molar-refractivity contribution in [2.24, 2.45) is 0 Å². The molecule has 9 nitrogen and oxygen atoms in total. The molecule has 1 atom stereocenters. The van der Waals surface area contributed by atoms with Gasteiger partial charge in [0.25, 0.3) is 5.56 Å². The maximum Gasteiger partial charge on any atom is 0.262 e. The average Bonchev–Trinajstić information content (AvgIpc) is 3.40. The first-order chi connectivity index (χ1) is 15.0. The summed E-state index contributed by atoms with van der Waals surface area (Å²) in [5, 5.41) is 15.8. The molecule has 0 radical (unpaired) electrons. The van der Waals surface area contributed by atoms with Crippen molar-refractivity contribution in [3.63, 3.8) is 0 Å². The van der Waals surface area contributed by atoms with Gasteiger partial charge in [0.15, 0.2) is 15.1 Å². The van der Waals surface area contributed by atoms with Crippen LogP contribution >= 0.6 is 34.9 Å². The van der Waals surface area contributed by atoms with E-state index >= 15 is 0 Å². The summed E-state index contributed by atoms with van der Waals surface area (Å²) >= 11 is 4.12. The maximum atomic E-state index is 12.6. The van der Waals surface area contributed by atoms with E-state index in [2.05, 4.69) is 37.5 Å². The first-order valence-electron chi connectivity index (χ1n) is 9.52. The summed E-state index contributed by atoms with van der Waals surface area (Å²) in [5.74, 6) is 0.711. The van der Waals surface area contributed by atoms with Gasteiger partial charge in [-0.05, 0) is 25.5 Å². The van der Waals surface area contributed by atoms with Crippen molar-refractivity contribution in [3.8, 4) is 5.69 Å². The first-order valence-corrected chi connectivity index (χ1v) is 12.2. The van der Waals surface area contributed by atoms with Gasteiger partial charge in [-0.1, -0.05) is 60.0 Å². The zero-order valence-electron chi connectivity index (χ0n) is 16.7. The minimum Gasteiger partial charge on any atom is -0.301 e. The van der Waals surface area contributed by atoms with Crippen molar-refractivity contribution in [2.75, 3.05) is 11.1 Å². The molecular weight excluding hydrogens is 454 g/mol. The lowest BCUT2D eigenvalue weighted by molar-refractivity contribution is -0.115. The number of para-hydroxylation sites is 1. The Hall–Kier alpha value is -2.70. The Balaban J connectivity index is 1.50. The third-order valence-corrected chi connectivity index (χ3v) is 7.30. The minimum absolute atomic E-state index is 0.243. The lowest BCUT2D eigenvalue weighted by Crippen LogP contribution is -2.23. The Morgan fingerprint density at radius 3 is 2.87 bits per heavy atom. The summed E-state index contributed by atoms with van der Waals surface area (Å²) in [4.78, 5) is 32.3. The molecule has 3 heterocycles. The number of anilines is 1. The normalized spacial score (nSPS) is 12.2. The maximum absolute atomic E-state index is 12.6. The molecule has 0 aliphatic carbocycles. The van der Waals surface area contributed by atoms with Crippen LogP contribution in [0.15, 0.2) is 50.8 Å². The SMILES string of the molecule is CCCSc1nnc(NC(=O)C(C)Sc2nc3c(cnn3-c3ccccc3)c(=O)[nH]2)s1. The van der Waals surface area contributed by atoms with Gasteiger partial charge in [-0.2, -0.15) is 5.10 Å². The van der Waals surface area contributed by atoms with E-state index in [-0.39, 0.29) is 11.5 Å². The highest BCUT2D eigenvalue weighted by Crippen LogP contribution is 2.27. The number of carbonyl (C=O) groups excluding carboxylic acids is 1. The topological polar surface area (TPSA) is 118 Å². The van der Waals surface area contributed by atoms with Crippen molar-refractivity contribution < 1.29 is 4.79 Å². The van der Waals surface area contributed by atoms with E-state index in [1.165, 1.54) is 17.5 Å². The number of thioether (sulfide) groups is 2. The highest BCUT2D eigenvalue weighted by atomic mass is 32.2. The van der Waals surface area contributed by atoms with Crippen LogP contribution in [0.4, 0.5) is 5.13 Å². The van der Waals surface area contributed by atoms with Crippen molar-refractivity contribution >= 4 is 56.9 Å². The Morgan fingerprint density at radius 2 is 2.10 bits per heavy atom. The second-order valence-electron chi connectivity index (χ2n) is 6.47. The number of H-pyrrole nitrogens is 1. The van der Waals surface area contributed by atoms with Crippen molar-refractivity contribution in [1.82, 2.24) is 29.9 Å². The molecule has 0 aliphatic heterocycles. The molecule has 2 N–H and O–H groups in total. The van der Waals surface area contributed by atoms with E-state index in [9.17, 15) is 9.59 Å². The van der Waals surface area contributed by atoms with Gasteiger partial charge in [-0.15, -0.1) is 10.2 Å². The number of fused-ring (bicyclic) bond motifs is 1. The van der Waals surface area contributed by atoms with Gasteiger partial charge in [0.1, 0.15) is 5.39 Å². The van der Waals surface area contributed by atoms with E-state index in [0.29, 0.717) is 21.3 Å². The quantitative estimate of drug-likeness (QED) is 0.226. The van der Waals surface area contributed by atoms with E-state index in [0.717, 1.165) is 34.0 Å². The van der Waals surface area contributed by atoms with Crippen LogP contribution in [0.1, 0.15) is 20.3 Å². The fraction of sp³-hybridized carbons (Fsp3) is 0.263. The fourth-order valence-electron chi connectivity index (χ4n) is 2.65. The van der Waals surface area contributed by atoms with Crippen LogP contribution in [-0.4, -0.2) is 46.9 Å². The van der Waals surface area contributed by atoms with Crippen LogP contribution in [-0.2, 0) is 4.79 Å². The molecule has 0 fully saturated rings. The zero-order chi connectivity index (χ0) is 21.8. The summed E-state index contributed by atoms with van der Waals surface area (Å²) in [7, 11) is 0. The lowest BCUT2D eigenvalue weighted by Gasteiger charge is -2.10. The Bertz CT molecular complexity index is 1250. The van der Waals surface area contributed by atoms with Gasteiger partial charge in [-0.3, -0.25) is 14.9 Å². The largest absolute Gasteiger partial charge is 0.301 e. The van der Waals surface area contributed by atoms with E-state index in [1.54, 1.807) is 23.4 Å². The molecule has 0 saturated heterocycles. The Labute approximate surface area is 190 Å². The molecule has 1 unspecified atom stereocenters. The number of benzene rings is 1. The van der Waals surface area contributed by atoms with Gasteiger partial charge in [-0.25, -0.2) is 9.67 Å². The average molecular weight is 474 g/mol. The monoisotopic (exact) mass is 473 g/mol. The molecule has 1 amide bonds. The lowest BCUT2D eigenvalue weighted by atomic mass is 10.3. The van der Waals surface area contributed by atoms with Crippen LogP contribution in [0.3, 0.4) is 0 Å². The molecule has 160 valence electrons. The third kappa shape index (κ3) is 4.97. The van der Waals surface area contributed by atoms with E-state index < -0.39 is 5.25 Å². The van der Waals surface area contributed by atoms with Crippen LogP contribution in [0, 0.1) is 0 Å². The number of carbonyl (C=O) groups is 1. The van der Waals surface area contributed by atoms with E-state index in [1.807, 2.05) is 30.3 Å². The zero-order valence-corrected chi connectivity index (χ0v) is 19.2. The third-order valence-electron chi connectivity index (χ3n) is 4.14. The van der Waals surface area contributed by atoms with Gasteiger partial charge in [0.2, 0.25) is 11.0 Å². The number of hydrogen-bond acceptors (Lipinski definition) is 9. The van der Waals surface area contributed by atoms with Crippen molar-refractivity contribution in [1.29, 1.82) is 0 Å². The highest BCUT2D eigenvalue weighted by Gasteiger charge is 2.19. The molecule has 1 aromatic carbocycles. The number of aromatic nitrogens is 6. The molecule has 4 aromatic rings. The molecule has 0 bridgehead atoms. The second-order valence-corrected chi connectivity index (χ2v) is 10.1. The number of aromatic amines is 1. The molecule has 3 aromatic heterocycles. The number of hydrogen-bond donors (Lipinski definition) is 2. The molecular formula is C19H19N7O2S3. The summed E-state index contributed by atoms with van der Waals surface area (Å²) in [5.41, 5.74) is 0.932. The van der Waals surface area contributed by atoms with Gasteiger partial charge < -0.3 is 4.98 Å². The molecule has 0 aliphatic rings. The summed E-state index contributed by atoms with van der Waals surface area (Å²) in [6.07, 6.45) is 2.53. The van der Waals surface area contributed by atoms with Crippen molar-refractivity contribution in [2.45, 2.75) is 35.0 Å². The highest BCUT2D eigenvalue weighted by molar-refractivity contribution is 8.01. The predicted octanol–water partition coefficient (Wildman–Crippen LogP) is 3.58. The second kappa shape index (κ2) is 9.62. The Morgan fingerprint density at radius 1 is 1.29 bits per heavy atom. The molecule has 31 heavy (non-hydrogen) atoms. The molecule has 4 rings (SSSR count). The first kappa shape index (κ1) is 21.5. The van der Waals surface area contributed by atoms with Crippen LogP contribution in [0.5, 0.6) is 0 Å². The van der Waals surface area contributed by atoms with Gasteiger partial charge in [0, 0.05) is 5.75 Å². The summed E-state index contributed by atoms with van der Waals surface area (Å²) in [6.45, 7) is 3.84. The molecule has 12 heteroatoms. The van der Waals surface area contributed by atoms with Crippen LogP contribution in [0.2, 0.25) is 0 Å². The number of amides is 1. The van der Waals surface area contributed by atoms with Crippen LogP contribution in [0.25, 0.3) is 16.7 Å². The number of nitrogens with one attached hydrogen (secondary N) is 2. The van der Waals surface area contributed by atoms with Crippen molar-refractivity contribution in [3.05, 3.63) is 46.9 Å². The standard InChI is InChI=1S/C19H19N7O2S3/c1-3-9-29-19-25-24-18(31-19)22-15(27)11(2)30-17-21-14-13(16(28)23-17)10-20-26(14)12-7-5-4-6-8-12/h4-8,10-11H,3,9H2,1-2H3,(H,21,23,28)(H,22,24,27). The number of rotatable bonds is 8. The summed E-state index contributed by atoms with van der Waals surface area (Å²) < 4.78 is 2.43. The predicted molar refractivity (Wildman–Crippen MR) is 124 cm³/mol. The minimum atomic E-state index is -0.510.